The normalized spacial score (nSPS) is 10.3. The number of nitrogen functional groups attached to an aromatic ring is 1. The zero-order valence-corrected chi connectivity index (χ0v) is 10.3. The average molecular weight is 279 g/mol. The van der Waals surface area contributed by atoms with Gasteiger partial charge in [-0.05, 0) is 24.3 Å². The predicted molar refractivity (Wildman–Crippen MR) is 68.5 cm³/mol. The van der Waals surface area contributed by atoms with Crippen LogP contribution in [-0.4, -0.2) is 11.1 Å². The number of carbonyl (C=O) groups is 1. The van der Waals surface area contributed by atoms with Gasteiger partial charge in [-0.25, -0.2) is 13.6 Å². The van der Waals surface area contributed by atoms with E-state index in [0.29, 0.717) is 5.69 Å². The Hall–Kier alpha value is -2.63. The summed E-state index contributed by atoms with van der Waals surface area (Å²) in [5.74, 6) is -2.77. The number of ether oxygens (including phenoxy) is 1. The second-order valence-electron chi connectivity index (χ2n) is 4.05. The topological polar surface area (TPSA) is 72.6 Å². The van der Waals surface area contributed by atoms with Gasteiger partial charge in [0.25, 0.3) is 0 Å². The first kappa shape index (κ1) is 13.8. The van der Waals surface area contributed by atoms with Gasteiger partial charge in [-0.15, -0.1) is 0 Å². The van der Waals surface area contributed by atoms with E-state index in [1.54, 1.807) is 0 Å². The van der Waals surface area contributed by atoms with Crippen molar-refractivity contribution in [3.63, 3.8) is 0 Å². The molecular formula is C14H11F2NO3. The van der Waals surface area contributed by atoms with Crippen LogP contribution < -0.4 is 10.5 Å². The Balaban J connectivity index is 2.27. The highest BCUT2D eigenvalue weighted by molar-refractivity contribution is 5.91. The number of aromatic carboxylic acids is 1. The molecule has 20 heavy (non-hydrogen) atoms. The van der Waals surface area contributed by atoms with Crippen LogP contribution in [0.15, 0.2) is 36.4 Å². The maximum atomic E-state index is 13.4. The lowest BCUT2D eigenvalue weighted by Gasteiger charge is -2.11. The van der Waals surface area contributed by atoms with Crippen LogP contribution in [0.25, 0.3) is 0 Å². The molecule has 0 atom stereocenters. The van der Waals surface area contributed by atoms with Crippen LogP contribution in [-0.2, 0) is 6.61 Å². The Labute approximate surface area is 113 Å². The third kappa shape index (κ3) is 2.85. The van der Waals surface area contributed by atoms with Gasteiger partial charge in [0.15, 0.2) is 0 Å². The lowest BCUT2D eigenvalue weighted by atomic mass is 10.1. The van der Waals surface area contributed by atoms with Crippen molar-refractivity contribution in [2.24, 2.45) is 0 Å². The van der Waals surface area contributed by atoms with Crippen LogP contribution in [0.3, 0.4) is 0 Å². The molecule has 4 nitrogen and oxygen atoms in total. The zero-order valence-electron chi connectivity index (χ0n) is 10.3. The van der Waals surface area contributed by atoms with Crippen molar-refractivity contribution in [2.75, 3.05) is 5.73 Å². The van der Waals surface area contributed by atoms with Crippen LogP contribution in [0.5, 0.6) is 5.75 Å². The Kier molecular flexibility index (Phi) is 3.84. The molecule has 0 aliphatic carbocycles. The summed E-state index contributed by atoms with van der Waals surface area (Å²) in [6, 6.07) is 7.39. The Morgan fingerprint density at radius 1 is 1.20 bits per heavy atom. The third-order valence-electron chi connectivity index (χ3n) is 2.67. The van der Waals surface area contributed by atoms with E-state index in [1.807, 2.05) is 0 Å². The van der Waals surface area contributed by atoms with E-state index in [-0.39, 0.29) is 16.9 Å². The minimum atomic E-state index is -1.21. The highest BCUT2D eigenvalue weighted by Crippen LogP contribution is 2.24. The number of carboxylic acid groups (broad SMARTS) is 1. The van der Waals surface area contributed by atoms with Crippen LogP contribution in [0.4, 0.5) is 14.5 Å². The molecule has 0 amide bonds. The largest absolute Gasteiger partial charge is 0.488 e. The summed E-state index contributed by atoms with van der Waals surface area (Å²) >= 11 is 0. The van der Waals surface area contributed by atoms with E-state index in [1.165, 1.54) is 24.3 Å². The van der Waals surface area contributed by atoms with Gasteiger partial charge in [0.05, 0.1) is 5.56 Å². The molecule has 0 unspecified atom stereocenters. The first-order chi connectivity index (χ1) is 9.49. The quantitative estimate of drug-likeness (QED) is 0.844. The monoisotopic (exact) mass is 279 g/mol. The molecule has 104 valence electrons. The van der Waals surface area contributed by atoms with E-state index in [9.17, 15) is 13.6 Å². The summed E-state index contributed by atoms with van der Waals surface area (Å²) in [6.45, 7) is -0.428. The molecule has 0 fully saturated rings. The van der Waals surface area contributed by atoms with Crippen molar-refractivity contribution in [3.05, 3.63) is 59.2 Å². The Bertz CT molecular complexity index is 639. The third-order valence-corrected chi connectivity index (χ3v) is 2.67. The van der Waals surface area contributed by atoms with Crippen LogP contribution in [0, 0.1) is 11.6 Å². The molecule has 0 saturated carbocycles. The molecule has 2 rings (SSSR count). The number of nitrogens with two attached hydrogens (primary N) is 1. The van der Waals surface area contributed by atoms with Crippen molar-refractivity contribution >= 4 is 11.7 Å². The molecule has 2 aromatic rings. The summed E-state index contributed by atoms with van der Waals surface area (Å²) in [5.41, 5.74) is 5.43. The number of carboxylic acids is 1. The van der Waals surface area contributed by atoms with Crippen molar-refractivity contribution < 1.29 is 23.4 Å². The molecule has 0 bridgehead atoms. The van der Waals surface area contributed by atoms with Gasteiger partial charge in [0.1, 0.15) is 29.6 Å². The first-order valence-corrected chi connectivity index (χ1v) is 5.67. The van der Waals surface area contributed by atoms with E-state index in [0.717, 1.165) is 12.1 Å². The van der Waals surface area contributed by atoms with Gasteiger partial charge >= 0.3 is 5.97 Å². The number of hydrogen-bond acceptors (Lipinski definition) is 3. The Morgan fingerprint density at radius 2 is 1.85 bits per heavy atom. The summed E-state index contributed by atoms with van der Waals surface area (Å²) < 4.78 is 32.0. The smallest absolute Gasteiger partial charge is 0.339 e. The fraction of sp³-hybridized carbons (Fsp3) is 0.0714. The summed E-state index contributed by atoms with van der Waals surface area (Å²) in [4.78, 5) is 11.0. The van der Waals surface area contributed by atoms with Gasteiger partial charge in [-0.1, -0.05) is 6.07 Å². The minimum Gasteiger partial charge on any atom is -0.488 e. The summed E-state index contributed by atoms with van der Waals surface area (Å²) in [5, 5.41) is 8.99. The van der Waals surface area contributed by atoms with Crippen LogP contribution >= 0.6 is 0 Å². The number of halogens is 2. The molecule has 0 spiro atoms. The fourth-order valence-electron chi connectivity index (χ4n) is 1.66. The molecule has 0 radical (unpaired) electrons. The van der Waals surface area contributed by atoms with Crippen molar-refractivity contribution in [1.82, 2.24) is 0 Å². The number of benzene rings is 2. The molecule has 0 saturated heterocycles. The fourth-order valence-corrected chi connectivity index (χ4v) is 1.66. The zero-order chi connectivity index (χ0) is 14.7. The summed E-state index contributed by atoms with van der Waals surface area (Å²) in [6.07, 6.45) is 0. The molecule has 6 heteroatoms. The van der Waals surface area contributed by atoms with Gasteiger partial charge in [0, 0.05) is 11.8 Å². The molecule has 0 heterocycles. The molecular weight excluding hydrogens is 268 g/mol. The molecule has 3 N–H and O–H groups in total. The van der Waals surface area contributed by atoms with Gasteiger partial charge in [-0.2, -0.15) is 0 Å². The molecule has 0 aromatic heterocycles. The standard InChI is InChI=1S/C14H11F2NO3/c15-11-2-1-3-12(16)10(11)7-20-13-6-8(17)4-5-9(13)14(18)19/h1-6H,7,17H2,(H,18,19). The molecule has 0 aliphatic heterocycles. The SMILES string of the molecule is Nc1ccc(C(=O)O)c(OCc2c(F)cccc2F)c1. The second kappa shape index (κ2) is 5.56. The minimum absolute atomic E-state index is 0.0415. The number of hydrogen-bond donors (Lipinski definition) is 2. The summed E-state index contributed by atoms with van der Waals surface area (Å²) in [7, 11) is 0. The maximum Gasteiger partial charge on any atom is 0.339 e. The van der Waals surface area contributed by atoms with Gasteiger partial charge in [0.2, 0.25) is 0 Å². The van der Waals surface area contributed by atoms with E-state index in [4.69, 9.17) is 15.6 Å². The van der Waals surface area contributed by atoms with Gasteiger partial charge < -0.3 is 15.6 Å². The maximum absolute atomic E-state index is 13.4. The van der Waals surface area contributed by atoms with Crippen molar-refractivity contribution in [2.45, 2.75) is 6.61 Å². The number of anilines is 1. The average Bonchev–Trinajstić information content (AvgIpc) is 2.37. The van der Waals surface area contributed by atoms with Crippen LogP contribution in [0.2, 0.25) is 0 Å². The van der Waals surface area contributed by atoms with E-state index >= 15 is 0 Å². The first-order valence-electron chi connectivity index (χ1n) is 5.67. The molecule has 2 aromatic carbocycles. The lowest BCUT2D eigenvalue weighted by Crippen LogP contribution is -2.06. The van der Waals surface area contributed by atoms with Crippen molar-refractivity contribution in [3.8, 4) is 5.75 Å². The highest BCUT2D eigenvalue weighted by atomic mass is 19.1. The van der Waals surface area contributed by atoms with E-state index in [2.05, 4.69) is 0 Å². The van der Waals surface area contributed by atoms with Crippen molar-refractivity contribution in [1.29, 1.82) is 0 Å². The number of rotatable bonds is 4. The Morgan fingerprint density at radius 3 is 2.45 bits per heavy atom. The highest BCUT2D eigenvalue weighted by Gasteiger charge is 2.14. The lowest BCUT2D eigenvalue weighted by molar-refractivity contribution is 0.0692. The molecule has 0 aliphatic rings. The predicted octanol–water partition coefficient (Wildman–Crippen LogP) is 2.82. The van der Waals surface area contributed by atoms with Gasteiger partial charge in [-0.3, -0.25) is 0 Å². The van der Waals surface area contributed by atoms with E-state index < -0.39 is 24.2 Å². The van der Waals surface area contributed by atoms with Crippen LogP contribution in [0.1, 0.15) is 15.9 Å². The second-order valence-corrected chi connectivity index (χ2v) is 4.05.